The lowest BCUT2D eigenvalue weighted by molar-refractivity contribution is 0.102. The maximum atomic E-state index is 14.0. The summed E-state index contributed by atoms with van der Waals surface area (Å²) in [5, 5.41) is 11.5. The van der Waals surface area contributed by atoms with E-state index in [4.69, 9.17) is 4.74 Å². The molecule has 1 saturated heterocycles. The van der Waals surface area contributed by atoms with Crippen molar-refractivity contribution in [3.8, 4) is 0 Å². The number of hydrogen-bond acceptors (Lipinski definition) is 7. The van der Waals surface area contributed by atoms with Crippen molar-refractivity contribution in [2.45, 2.75) is 12.6 Å². The van der Waals surface area contributed by atoms with Gasteiger partial charge >= 0.3 is 0 Å². The Hall–Kier alpha value is -3.24. The first kappa shape index (κ1) is 20.7. The number of aromatic nitrogens is 1. The summed E-state index contributed by atoms with van der Waals surface area (Å²) in [6.07, 6.45) is -1.61. The van der Waals surface area contributed by atoms with Crippen LogP contribution in [0.3, 0.4) is 0 Å². The van der Waals surface area contributed by atoms with Crippen molar-refractivity contribution in [3.05, 3.63) is 64.7 Å². The van der Waals surface area contributed by atoms with Crippen LogP contribution in [0.2, 0.25) is 0 Å². The minimum absolute atomic E-state index is 0.0411. The summed E-state index contributed by atoms with van der Waals surface area (Å²) in [6.45, 7) is 2.51. The van der Waals surface area contributed by atoms with Gasteiger partial charge in [0.15, 0.2) is 5.13 Å². The van der Waals surface area contributed by atoms with Crippen LogP contribution in [0.25, 0.3) is 0 Å². The van der Waals surface area contributed by atoms with Gasteiger partial charge in [-0.15, -0.1) is 11.3 Å². The number of rotatable bonds is 5. The van der Waals surface area contributed by atoms with Gasteiger partial charge in [0.05, 0.1) is 30.2 Å². The van der Waals surface area contributed by atoms with E-state index in [0.29, 0.717) is 53.9 Å². The number of anilines is 4. The van der Waals surface area contributed by atoms with Crippen molar-refractivity contribution < 1.29 is 18.3 Å². The molecule has 7 nitrogen and oxygen atoms in total. The number of carbonyl (C=O) groups excluding carboxylic acids is 1. The standard InChI is InChI=1S/C22H21F2N5O2S/c23-19(24)16-12-13(29-7-9-31-10-8-29)4-5-14(16)20-26-17-3-1-2-15(18(17)27-20)21(30)28-22-25-6-11-32-22/h1-6,11-12,19-20,26-27H,7-10H2,(H,25,28,30). The molecule has 0 saturated carbocycles. The summed E-state index contributed by atoms with van der Waals surface area (Å²) in [5.41, 5.74) is 2.82. The van der Waals surface area contributed by atoms with Crippen molar-refractivity contribution >= 4 is 39.4 Å². The Morgan fingerprint density at radius 2 is 2.06 bits per heavy atom. The van der Waals surface area contributed by atoms with E-state index >= 15 is 0 Å². The quantitative estimate of drug-likeness (QED) is 0.515. The number of ether oxygens (including phenoxy) is 1. The molecule has 0 spiro atoms. The number of amides is 1. The first-order valence-electron chi connectivity index (χ1n) is 10.2. The first-order chi connectivity index (χ1) is 15.6. The highest BCUT2D eigenvalue weighted by Crippen LogP contribution is 2.41. The Balaban J connectivity index is 1.41. The van der Waals surface area contributed by atoms with Crippen LogP contribution in [0.4, 0.5) is 31.0 Å². The minimum Gasteiger partial charge on any atom is -0.378 e. The van der Waals surface area contributed by atoms with Crippen LogP contribution in [0.15, 0.2) is 48.0 Å². The Labute approximate surface area is 187 Å². The molecule has 2 aliphatic rings. The smallest absolute Gasteiger partial charge is 0.264 e. The normalized spacial score (nSPS) is 17.6. The molecule has 32 heavy (non-hydrogen) atoms. The lowest BCUT2D eigenvalue weighted by Gasteiger charge is -2.30. The summed E-state index contributed by atoms with van der Waals surface area (Å²) in [6, 6.07) is 10.4. The molecule has 3 N–H and O–H groups in total. The van der Waals surface area contributed by atoms with Crippen LogP contribution in [0, 0.1) is 0 Å². The molecule has 5 rings (SSSR count). The number of nitrogens with one attached hydrogen (secondary N) is 3. The highest BCUT2D eigenvalue weighted by Gasteiger charge is 2.29. The molecule has 2 aliphatic heterocycles. The van der Waals surface area contributed by atoms with Crippen LogP contribution >= 0.6 is 11.3 Å². The maximum Gasteiger partial charge on any atom is 0.264 e. The van der Waals surface area contributed by atoms with Gasteiger partial charge in [-0.1, -0.05) is 12.1 Å². The van der Waals surface area contributed by atoms with Crippen molar-refractivity contribution in [1.82, 2.24) is 4.98 Å². The largest absolute Gasteiger partial charge is 0.378 e. The molecule has 1 unspecified atom stereocenters. The number of halogens is 2. The van der Waals surface area contributed by atoms with E-state index in [1.165, 1.54) is 11.3 Å². The Kier molecular flexibility index (Phi) is 5.62. The molecule has 10 heteroatoms. The summed E-state index contributed by atoms with van der Waals surface area (Å²) >= 11 is 1.32. The van der Waals surface area contributed by atoms with Gasteiger partial charge in [-0.3, -0.25) is 10.1 Å². The number of nitrogens with zero attached hydrogens (tertiary/aromatic N) is 2. The molecular formula is C22H21F2N5O2S. The van der Waals surface area contributed by atoms with Gasteiger partial charge < -0.3 is 20.3 Å². The molecule has 1 fully saturated rings. The molecule has 2 aromatic carbocycles. The molecule has 0 aliphatic carbocycles. The third kappa shape index (κ3) is 3.98. The maximum absolute atomic E-state index is 14.0. The third-order valence-corrected chi connectivity index (χ3v) is 6.23. The van der Waals surface area contributed by atoms with Gasteiger partial charge in [0, 0.05) is 41.5 Å². The molecular weight excluding hydrogens is 436 g/mol. The van der Waals surface area contributed by atoms with E-state index in [2.05, 4.69) is 20.9 Å². The molecule has 3 aromatic rings. The van der Waals surface area contributed by atoms with Gasteiger partial charge in [-0.2, -0.15) is 0 Å². The van der Waals surface area contributed by atoms with E-state index in [0.717, 1.165) is 5.69 Å². The van der Waals surface area contributed by atoms with Gasteiger partial charge in [-0.25, -0.2) is 13.8 Å². The fraction of sp³-hybridized carbons (Fsp3) is 0.273. The first-order valence-corrected chi connectivity index (χ1v) is 11.1. The Bertz CT molecular complexity index is 1120. The SMILES string of the molecule is O=C(Nc1nccs1)c1cccc2c1NC(c1ccc(N3CCOCC3)cc1C(F)F)N2. The third-order valence-electron chi connectivity index (χ3n) is 5.54. The number of morpholine rings is 1. The predicted molar refractivity (Wildman–Crippen MR) is 121 cm³/mol. The van der Waals surface area contributed by atoms with Crippen LogP contribution < -0.4 is 20.9 Å². The zero-order valence-corrected chi connectivity index (χ0v) is 17.8. The van der Waals surface area contributed by atoms with Crippen molar-refractivity contribution in [2.75, 3.05) is 47.2 Å². The second kappa shape index (κ2) is 8.71. The number of thiazole rings is 1. The Morgan fingerprint density at radius 3 is 2.81 bits per heavy atom. The van der Waals surface area contributed by atoms with Crippen molar-refractivity contribution in [1.29, 1.82) is 0 Å². The molecule has 166 valence electrons. The average Bonchev–Trinajstić information content (AvgIpc) is 3.48. The van der Waals surface area contributed by atoms with Crippen LogP contribution in [-0.4, -0.2) is 37.2 Å². The predicted octanol–water partition coefficient (Wildman–Crippen LogP) is 4.71. The molecule has 0 bridgehead atoms. The molecule has 1 atom stereocenters. The van der Waals surface area contributed by atoms with E-state index < -0.39 is 12.6 Å². The average molecular weight is 458 g/mol. The monoisotopic (exact) mass is 457 g/mol. The topological polar surface area (TPSA) is 78.5 Å². The Morgan fingerprint density at radius 1 is 1.22 bits per heavy atom. The van der Waals surface area contributed by atoms with Crippen molar-refractivity contribution in [2.24, 2.45) is 0 Å². The number of benzene rings is 2. The minimum atomic E-state index is -2.63. The van der Waals surface area contributed by atoms with E-state index in [-0.39, 0.29) is 11.5 Å². The number of para-hydroxylation sites is 1. The second-order valence-corrected chi connectivity index (χ2v) is 8.35. The van der Waals surface area contributed by atoms with Gasteiger partial charge in [0.2, 0.25) is 0 Å². The summed E-state index contributed by atoms with van der Waals surface area (Å²) < 4.78 is 33.4. The van der Waals surface area contributed by atoms with Gasteiger partial charge in [0.1, 0.15) is 6.17 Å². The zero-order chi connectivity index (χ0) is 22.1. The highest BCUT2D eigenvalue weighted by molar-refractivity contribution is 7.13. The molecule has 3 heterocycles. The molecule has 0 radical (unpaired) electrons. The fourth-order valence-electron chi connectivity index (χ4n) is 3.99. The summed E-state index contributed by atoms with van der Waals surface area (Å²) in [5.74, 6) is -0.316. The van der Waals surface area contributed by atoms with E-state index in [1.807, 2.05) is 17.0 Å². The van der Waals surface area contributed by atoms with E-state index in [1.54, 1.807) is 35.8 Å². The number of hydrogen-bond donors (Lipinski definition) is 3. The van der Waals surface area contributed by atoms with Crippen LogP contribution in [-0.2, 0) is 4.74 Å². The highest BCUT2D eigenvalue weighted by atomic mass is 32.1. The number of carbonyl (C=O) groups is 1. The van der Waals surface area contributed by atoms with Crippen LogP contribution in [0.5, 0.6) is 0 Å². The van der Waals surface area contributed by atoms with Gasteiger partial charge in [0.25, 0.3) is 12.3 Å². The summed E-state index contributed by atoms with van der Waals surface area (Å²) in [4.78, 5) is 18.9. The van der Waals surface area contributed by atoms with E-state index in [9.17, 15) is 13.6 Å². The second-order valence-electron chi connectivity index (χ2n) is 7.45. The van der Waals surface area contributed by atoms with Crippen molar-refractivity contribution in [3.63, 3.8) is 0 Å². The fourth-order valence-corrected chi connectivity index (χ4v) is 4.51. The molecule has 1 aromatic heterocycles. The number of fused-ring (bicyclic) bond motifs is 1. The lowest BCUT2D eigenvalue weighted by atomic mass is 10.0. The lowest BCUT2D eigenvalue weighted by Crippen LogP contribution is -2.36. The summed E-state index contributed by atoms with van der Waals surface area (Å²) in [7, 11) is 0. The zero-order valence-electron chi connectivity index (χ0n) is 17.0. The molecule has 1 amide bonds. The van der Waals surface area contributed by atoms with Gasteiger partial charge in [-0.05, 0) is 24.3 Å². The number of alkyl halides is 2. The van der Waals surface area contributed by atoms with Crippen LogP contribution in [0.1, 0.15) is 34.1 Å².